The molecular weight excluding hydrogens is 312 g/mol. The van der Waals surface area contributed by atoms with Gasteiger partial charge in [0.1, 0.15) is 0 Å². The van der Waals surface area contributed by atoms with E-state index in [0.29, 0.717) is 21.6 Å². The second-order valence-electron chi connectivity index (χ2n) is 5.28. The molecule has 0 aliphatic carbocycles. The maximum Gasteiger partial charge on any atom is 0.261 e. The highest BCUT2D eigenvalue weighted by atomic mass is 32.1. The van der Waals surface area contributed by atoms with Crippen LogP contribution in [0.2, 0.25) is 0 Å². The van der Waals surface area contributed by atoms with Crippen LogP contribution >= 0.6 is 11.3 Å². The number of rotatable bonds is 2. The Labute approximate surface area is 134 Å². The van der Waals surface area contributed by atoms with Gasteiger partial charge < -0.3 is 0 Å². The van der Waals surface area contributed by atoms with Crippen LogP contribution in [0.5, 0.6) is 0 Å². The number of aryl methyl sites for hydroxylation is 1. The van der Waals surface area contributed by atoms with Crippen molar-refractivity contribution >= 4 is 27.2 Å². The van der Waals surface area contributed by atoms with E-state index in [1.807, 2.05) is 18.4 Å². The van der Waals surface area contributed by atoms with Gasteiger partial charge in [-0.05, 0) is 19.1 Å². The van der Waals surface area contributed by atoms with Crippen molar-refractivity contribution in [3.8, 4) is 0 Å². The highest BCUT2D eigenvalue weighted by molar-refractivity contribution is 7.15. The van der Waals surface area contributed by atoms with E-state index in [1.165, 1.54) is 28.3 Å². The van der Waals surface area contributed by atoms with E-state index >= 15 is 0 Å². The Hall–Kier alpha value is -2.80. The lowest BCUT2D eigenvalue weighted by Gasteiger charge is -2.06. The Kier molecular flexibility index (Phi) is 3.09. The van der Waals surface area contributed by atoms with Crippen molar-refractivity contribution in [1.82, 2.24) is 18.9 Å². The predicted octanol–water partition coefficient (Wildman–Crippen LogP) is 1.82. The van der Waals surface area contributed by atoms with Gasteiger partial charge in [-0.2, -0.15) is 0 Å². The highest BCUT2D eigenvalue weighted by Crippen LogP contribution is 2.12. The number of benzene rings is 1. The second kappa shape index (κ2) is 5.13. The Morgan fingerprint density at radius 1 is 1.22 bits per heavy atom. The third-order valence-electron chi connectivity index (χ3n) is 3.69. The van der Waals surface area contributed by atoms with Gasteiger partial charge in [0, 0.05) is 17.1 Å². The molecule has 0 amide bonds. The first-order valence-electron chi connectivity index (χ1n) is 7.04. The molecular formula is C16H12N4O2S. The molecule has 23 heavy (non-hydrogen) atoms. The van der Waals surface area contributed by atoms with E-state index < -0.39 is 0 Å². The van der Waals surface area contributed by atoms with Gasteiger partial charge >= 0.3 is 0 Å². The second-order valence-corrected chi connectivity index (χ2v) is 6.11. The van der Waals surface area contributed by atoms with Crippen molar-refractivity contribution in [2.75, 3.05) is 0 Å². The summed E-state index contributed by atoms with van der Waals surface area (Å²) in [5.74, 6) is 0. The summed E-state index contributed by atoms with van der Waals surface area (Å²) in [7, 11) is 0. The fraction of sp³-hybridized carbons (Fsp3) is 0.125. The summed E-state index contributed by atoms with van der Waals surface area (Å²) in [6.07, 6.45) is 1.49. The molecule has 4 rings (SSSR count). The van der Waals surface area contributed by atoms with Crippen molar-refractivity contribution < 1.29 is 0 Å². The molecule has 0 unspecified atom stereocenters. The molecule has 0 radical (unpaired) electrons. The zero-order chi connectivity index (χ0) is 16.0. The van der Waals surface area contributed by atoms with Crippen molar-refractivity contribution in [2.45, 2.75) is 13.5 Å². The summed E-state index contributed by atoms with van der Waals surface area (Å²) >= 11 is 1.41. The normalized spacial score (nSPS) is 11.3. The summed E-state index contributed by atoms with van der Waals surface area (Å²) < 4.78 is 3.04. The Morgan fingerprint density at radius 2 is 2.04 bits per heavy atom. The standard InChI is InChI=1S/C16H12N4O2S/c1-10-8-23-16-18-11(6-14(21)20(10)16)7-19-9-17-13-5-3-2-4-12(13)15(19)22/h2-6,8-9H,7H2,1H3. The van der Waals surface area contributed by atoms with Gasteiger partial charge in [0.15, 0.2) is 4.96 Å². The van der Waals surface area contributed by atoms with Gasteiger partial charge in [-0.15, -0.1) is 11.3 Å². The van der Waals surface area contributed by atoms with E-state index in [4.69, 9.17) is 0 Å². The first-order chi connectivity index (χ1) is 11.1. The van der Waals surface area contributed by atoms with Crippen molar-refractivity contribution in [2.24, 2.45) is 0 Å². The summed E-state index contributed by atoms with van der Waals surface area (Å²) in [5.41, 5.74) is 1.80. The minimum Gasteiger partial charge on any atom is -0.293 e. The molecule has 7 heteroatoms. The summed E-state index contributed by atoms with van der Waals surface area (Å²) in [6.45, 7) is 2.09. The molecule has 0 fully saturated rings. The van der Waals surface area contributed by atoms with Crippen molar-refractivity contribution in [3.63, 3.8) is 0 Å². The molecule has 0 bridgehead atoms. The molecule has 6 nitrogen and oxygen atoms in total. The minimum absolute atomic E-state index is 0.134. The SMILES string of the molecule is Cc1csc2nc(Cn3cnc4ccccc4c3=O)cc(=O)n12. The van der Waals surface area contributed by atoms with Crippen LogP contribution in [0.15, 0.2) is 51.6 Å². The van der Waals surface area contributed by atoms with Gasteiger partial charge in [-0.1, -0.05) is 12.1 Å². The monoisotopic (exact) mass is 324 g/mol. The molecule has 0 aliphatic heterocycles. The molecule has 0 saturated heterocycles. The average molecular weight is 324 g/mol. The number of thiazole rings is 1. The van der Waals surface area contributed by atoms with E-state index in [1.54, 1.807) is 22.6 Å². The Bertz CT molecular complexity index is 1160. The van der Waals surface area contributed by atoms with Crippen LogP contribution in [0.3, 0.4) is 0 Å². The molecule has 0 spiro atoms. The molecule has 1 aromatic carbocycles. The maximum absolute atomic E-state index is 12.5. The van der Waals surface area contributed by atoms with E-state index in [9.17, 15) is 9.59 Å². The molecule has 0 saturated carbocycles. The lowest BCUT2D eigenvalue weighted by Crippen LogP contribution is -2.23. The maximum atomic E-state index is 12.5. The fourth-order valence-corrected chi connectivity index (χ4v) is 3.47. The van der Waals surface area contributed by atoms with Gasteiger partial charge in [-0.3, -0.25) is 18.6 Å². The van der Waals surface area contributed by atoms with Gasteiger partial charge in [0.2, 0.25) is 0 Å². The van der Waals surface area contributed by atoms with E-state index in [0.717, 1.165) is 5.69 Å². The third kappa shape index (κ3) is 2.25. The predicted molar refractivity (Wildman–Crippen MR) is 89.2 cm³/mol. The first kappa shape index (κ1) is 13.8. The smallest absolute Gasteiger partial charge is 0.261 e. The van der Waals surface area contributed by atoms with Crippen LogP contribution < -0.4 is 11.1 Å². The minimum atomic E-state index is -0.139. The van der Waals surface area contributed by atoms with Gasteiger partial charge in [-0.25, -0.2) is 9.97 Å². The third-order valence-corrected chi connectivity index (χ3v) is 4.64. The number of nitrogens with zero attached hydrogens (tertiary/aromatic N) is 4. The van der Waals surface area contributed by atoms with Crippen LogP contribution in [0.25, 0.3) is 15.9 Å². The van der Waals surface area contributed by atoms with Crippen molar-refractivity contribution in [3.05, 3.63) is 74.1 Å². The molecule has 3 heterocycles. The lowest BCUT2D eigenvalue weighted by molar-refractivity contribution is 0.727. The van der Waals surface area contributed by atoms with Gasteiger partial charge in [0.25, 0.3) is 11.1 Å². The topological polar surface area (TPSA) is 69.3 Å². The van der Waals surface area contributed by atoms with Gasteiger partial charge in [0.05, 0.1) is 29.5 Å². The summed E-state index contributed by atoms with van der Waals surface area (Å²) in [5, 5.41) is 2.44. The van der Waals surface area contributed by atoms with Crippen LogP contribution in [0.4, 0.5) is 0 Å². The zero-order valence-electron chi connectivity index (χ0n) is 12.3. The first-order valence-corrected chi connectivity index (χ1v) is 7.92. The average Bonchev–Trinajstić information content (AvgIpc) is 2.92. The Balaban J connectivity index is 1.83. The van der Waals surface area contributed by atoms with Crippen LogP contribution in [-0.2, 0) is 6.54 Å². The lowest BCUT2D eigenvalue weighted by atomic mass is 10.2. The Morgan fingerprint density at radius 3 is 2.91 bits per heavy atom. The molecule has 114 valence electrons. The molecule has 4 aromatic rings. The number of fused-ring (bicyclic) bond motifs is 2. The zero-order valence-corrected chi connectivity index (χ0v) is 13.1. The molecule has 0 aliphatic rings. The summed E-state index contributed by atoms with van der Waals surface area (Å²) in [4.78, 5) is 34.1. The van der Waals surface area contributed by atoms with Crippen molar-refractivity contribution in [1.29, 1.82) is 0 Å². The largest absolute Gasteiger partial charge is 0.293 e. The van der Waals surface area contributed by atoms with Crippen LogP contribution in [0, 0.1) is 6.92 Å². The van der Waals surface area contributed by atoms with E-state index in [-0.39, 0.29) is 17.7 Å². The number of hydrogen-bond acceptors (Lipinski definition) is 5. The highest BCUT2D eigenvalue weighted by Gasteiger charge is 2.09. The quantitative estimate of drug-likeness (QED) is 0.564. The van der Waals surface area contributed by atoms with Crippen LogP contribution in [-0.4, -0.2) is 18.9 Å². The fourth-order valence-electron chi connectivity index (χ4n) is 2.58. The number of hydrogen-bond donors (Lipinski definition) is 0. The van der Waals surface area contributed by atoms with E-state index in [2.05, 4.69) is 9.97 Å². The molecule has 0 atom stereocenters. The number of aromatic nitrogens is 4. The molecule has 0 N–H and O–H groups in total. The summed E-state index contributed by atoms with van der Waals surface area (Å²) in [6, 6.07) is 8.66. The van der Waals surface area contributed by atoms with Crippen LogP contribution in [0.1, 0.15) is 11.4 Å². The molecule has 3 aromatic heterocycles. The number of para-hydroxylation sites is 1.